The molecule has 4 nitrogen and oxygen atoms in total. The number of rotatable bonds is 6. The Labute approximate surface area is 94.3 Å². The highest BCUT2D eigenvalue weighted by Gasteiger charge is 2.06. The summed E-state index contributed by atoms with van der Waals surface area (Å²) in [7, 11) is 4.52. The number of anilines is 1. The molecule has 0 aliphatic carbocycles. The van der Waals surface area contributed by atoms with Crippen molar-refractivity contribution in [3.05, 3.63) is 24.0 Å². The number of halogens is 1. The molecule has 0 amide bonds. The maximum absolute atomic E-state index is 13.3. The van der Waals surface area contributed by atoms with Crippen molar-refractivity contribution in [1.29, 1.82) is 0 Å². The molecule has 1 N–H and O–H groups in total. The third-order valence-corrected chi connectivity index (χ3v) is 2.15. The summed E-state index contributed by atoms with van der Waals surface area (Å²) in [4.78, 5) is 0. The Morgan fingerprint density at radius 1 is 1.25 bits per heavy atom. The standard InChI is InChI=1S/C11H16FNO3/c1-14-10-5-4-8(6-9(10)12)13-7-11(15-2)16-3/h4-6,11,13H,7H2,1-3H3. The molecule has 0 aliphatic heterocycles. The fraction of sp³-hybridized carbons (Fsp3) is 0.455. The fourth-order valence-electron chi connectivity index (χ4n) is 1.24. The van der Waals surface area contributed by atoms with E-state index in [-0.39, 0.29) is 12.0 Å². The van der Waals surface area contributed by atoms with Gasteiger partial charge >= 0.3 is 0 Å². The van der Waals surface area contributed by atoms with Crippen LogP contribution in [0.15, 0.2) is 18.2 Å². The van der Waals surface area contributed by atoms with Gasteiger partial charge in [0.2, 0.25) is 0 Å². The summed E-state index contributed by atoms with van der Waals surface area (Å²) < 4.78 is 28.1. The summed E-state index contributed by atoms with van der Waals surface area (Å²) in [6.07, 6.45) is -0.356. The van der Waals surface area contributed by atoms with Crippen LogP contribution in [0.2, 0.25) is 0 Å². The van der Waals surface area contributed by atoms with Crippen molar-refractivity contribution in [2.75, 3.05) is 33.2 Å². The zero-order chi connectivity index (χ0) is 12.0. The highest BCUT2D eigenvalue weighted by Crippen LogP contribution is 2.20. The van der Waals surface area contributed by atoms with Gasteiger partial charge in [-0.25, -0.2) is 4.39 Å². The van der Waals surface area contributed by atoms with Gasteiger partial charge in [-0.05, 0) is 12.1 Å². The first-order valence-corrected chi connectivity index (χ1v) is 4.84. The van der Waals surface area contributed by atoms with Gasteiger partial charge in [-0.1, -0.05) is 0 Å². The summed E-state index contributed by atoms with van der Waals surface area (Å²) >= 11 is 0. The van der Waals surface area contributed by atoms with Crippen molar-refractivity contribution < 1.29 is 18.6 Å². The smallest absolute Gasteiger partial charge is 0.173 e. The lowest BCUT2D eigenvalue weighted by Gasteiger charge is -2.15. The van der Waals surface area contributed by atoms with Crippen LogP contribution in [-0.4, -0.2) is 34.2 Å². The lowest BCUT2D eigenvalue weighted by molar-refractivity contribution is -0.0914. The van der Waals surface area contributed by atoms with Crippen LogP contribution in [0, 0.1) is 5.82 Å². The van der Waals surface area contributed by atoms with Crippen LogP contribution >= 0.6 is 0 Å². The van der Waals surface area contributed by atoms with Gasteiger partial charge in [0.1, 0.15) is 0 Å². The van der Waals surface area contributed by atoms with Crippen LogP contribution < -0.4 is 10.1 Å². The Morgan fingerprint density at radius 3 is 2.44 bits per heavy atom. The second-order valence-corrected chi connectivity index (χ2v) is 3.13. The Bertz CT molecular complexity index is 329. The molecule has 0 unspecified atom stereocenters. The predicted octanol–water partition coefficient (Wildman–Crippen LogP) is 1.87. The van der Waals surface area contributed by atoms with Crippen molar-refractivity contribution in [1.82, 2.24) is 0 Å². The van der Waals surface area contributed by atoms with Crippen molar-refractivity contribution in [2.24, 2.45) is 0 Å². The highest BCUT2D eigenvalue weighted by atomic mass is 19.1. The molecule has 0 saturated heterocycles. The molecular weight excluding hydrogens is 213 g/mol. The maximum Gasteiger partial charge on any atom is 0.173 e. The predicted molar refractivity (Wildman–Crippen MR) is 59.2 cm³/mol. The molecule has 0 bridgehead atoms. The average Bonchev–Trinajstić information content (AvgIpc) is 2.30. The van der Waals surface area contributed by atoms with E-state index in [1.54, 1.807) is 26.4 Å². The summed E-state index contributed by atoms with van der Waals surface area (Å²) in [6.45, 7) is 0.443. The van der Waals surface area contributed by atoms with Crippen molar-refractivity contribution >= 4 is 5.69 Å². The van der Waals surface area contributed by atoms with Crippen LogP contribution in [0.25, 0.3) is 0 Å². The molecule has 0 spiro atoms. The van der Waals surface area contributed by atoms with Crippen molar-refractivity contribution in [2.45, 2.75) is 6.29 Å². The molecule has 1 rings (SSSR count). The first kappa shape index (κ1) is 12.7. The Hall–Kier alpha value is -1.33. The SMILES string of the molecule is COc1ccc(NCC(OC)OC)cc1F. The van der Waals surface area contributed by atoms with E-state index in [1.165, 1.54) is 13.2 Å². The van der Waals surface area contributed by atoms with Gasteiger partial charge in [-0.3, -0.25) is 0 Å². The normalized spacial score (nSPS) is 10.6. The third-order valence-electron chi connectivity index (χ3n) is 2.15. The number of benzene rings is 1. The molecular formula is C11H16FNO3. The number of hydrogen-bond donors (Lipinski definition) is 1. The van der Waals surface area contributed by atoms with E-state index in [1.807, 2.05) is 0 Å². The second-order valence-electron chi connectivity index (χ2n) is 3.13. The van der Waals surface area contributed by atoms with Gasteiger partial charge in [0, 0.05) is 26.0 Å². The summed E-state index contributed by atoms with van der Waals surface area (Å²) in [5, 5.41) is 2.99. The minimum atomic E-state index is -0.404. The van der Waals surface area contributed by atoms with E-state index in [4.69, 9.17) is 14.2 Å². The molecule has 90 valence electrons. The van der Waals surface area contributed by atoms with Crippen LogP contribution in [0.4, 0.5) is 10.1 Å². The zero-order valence-corrected chi connectivity index (χ0v) is 9.62. The molecule has 16 heavy (non-hydrogen) atoms. The zero-order valence-electron chi connectivity index (χ0n) is 9.62. The molecule has 1 aromatic rings. The molecule has 0 aliphatic rings. The van der Waals surface area contributed by atoms with E-state index in [2.05, 4.69) is 5.32 Å². The molecule has 1 aromatic carbocycles. The van der Waals surface area contributed by atoms with E-state index >= 15 is 0 Å². The van der Waals surface area contributed by atoms with Gasteiger partial charge in [0.05, 0.1) is 13.7 Å². The Morgan fingerprint density at radius 2 is 1.94 bits per heavy atom. The molecule has 0 saturated carbocycles. The van der Waals surface area contributed by atoms with Crippen LogP contribution in [-0.2, 0) is 9.47 Å². The fourth-order valence-corrected chi connectivity index (χ4v) is 1.24. The van der Waals surface area contributed by atoms with Gasteiger partial charge in [0.25, 0.3) is 0 Å². The number of hydrogen-bond acceptors (Lipinski definition) is 4. The van der Waals surface area contributed by atoms with Crippen molar-refractivity contribution in [3.63, 3.8) is 0 Å². The van der Waals surface area contributed by atoms with Gasteiger partial charge in [0.15, 0.2) is 17.9 Å². The molecule has 5 heteroatoms. The highest BCUT2D eigenvalue weighted by molar-refractivity contribution is 5.47. The molecule has 0 heterocycles. The molecule has 0 aromatic heterocycles. The monoisotopic (exact) mass is 229 g/mol. The largest absolute Gasteiger partial charge is 0.494 e. The van der Waals surface area contributed by atoms with Gasteiger partial charge in [-0.15, -0.1) is 0 Å². The Balaban J connectivity index is 2.58. The number of ether oxygens (including phenoxy) is 3. The second kappa shape index (κ2) is 6.30. The number of methoxy groups -OCH3 is 3. The number of nitrogens with one attached hydrogen (secondary N) is 1. The first-order chi connectivity index (χ1) is 7.71. The third kappa shape index (κ3) is 3.36. The summed E-state index contributed by atoms with van der Waals surface area (Å²) in [5.74, 6) is -0.181. The molecule has 0 fully saturated rings. The van der Waals surface area contributed by atoms with Crippen molar-refractivity contribution in [3.8, 4) is 5.75 Å². The van der Waals surface area contributed by atoms with E-state index in [9.17, 15) is 4.39 Å². The quantitative estimate of drug-likeness (QED) is 0.756. The van der Waals surface area contributed by atoms with Gasteiger partial charge in [-0.2, -0.15) is 0 Å². The summed E-state index contributed by atoms with van der Waals surface area (Å²) in [6, 6.07) is 4.65. The summed E-state index contributed by atoms with van der Waals surface area (Å²) in [5.41, 5.74) is 0.650. The minimum absolute atomic E-state index is 0.223. The van der Waals surface area contributed by atoms with E-state index in [0.717, 1.165) is 0 Å². The van der Waals surface area contributed by atoms with E-state index in [0.29, 0.717) is 12.2 Å². The van der Waals surface area contributed by atoms with Crippen LogP contribution in [0.1, 0.15) is 0 Å². The molecule has 0 atom stereocenters. The average molecular weight is 229 g/mol. The van der Waals surface area contributed by atoms with Gasteiger partial charge < -0.3 is 19.5 Å². The van der Waals surface area contributed by atoms with Crippen LogP contribution in [0.3, 0.4) is 0 Å². The molecule has 0 radical (unpaired) electrons. The Kier molecular flexibility index (Phi) is 5.01. The lowest BCUT2D eigenvalue weighted by atomic mass is 10.3. The van der Waals surface area contributed by atoms with E-state index < -0.39 is 5.82 Å². The minimum Gasteiger partial charge on any atom is -0.494 e. The maximum atomic E-state index is 13.3. The topological polar surface area (TPSA) is 39.7 Å². The van der Waals surface area contributed by atoms with Crippen LogP contribution in [0.5, 0.6) is 5.75 Å². The lowest BCUT2D eigenvalue weighted by Crippen LogP contribution is -2.23. The first-order valence-electron chi connectivity index (χ1n) is 4.84.